The molecule has 0 unspecified atom stereocenters. The Morgan fingerprint density at radius 2 is 2.11 bits per heavy atom. The lowest BCUT2D eigenvalue weighted by Crippen LogP contribution is -2.11. The molecule has 1 aromatic heterocycles. The maximum absolute atomic E-state index is 11.7. The van der Waals surface area contributed by atoms with Gasteiger partial charge < -0.3 is 10.2 Å². The average molecular weight is 400 g/mol. The normalized spacial score (nSPS) is 14.4. The molecule has 3 aromatic rings. The lowest BCUT2D eigenvalue weighted by Gasteiger charge is -2.21. The lowest BCUT2D eigenvalue weighted by atomic mass is 9.83. The van der Waals surface area contributed by atoms with Crippen LogP contribution in [0.3, 0.4) is 0 Å². The summed E-state index contributed by atoms with van der Waals surface area (Å²) in [7, 11) is 1.78. The van der Waals surface area contributed by atoms with Crippen molar-refractivity contribution in [3.8, 4) is 0 Å². The summed E-state index contributed by atoms with van der Waals surface area (Å²) in [4.78, 5) is 11.7. The number of carboxylic acids is 1. The second-order valence-electron chi connectivity index (χ2n) is 7.46. The Morgan fingerprint density at radius 3 is 2.82 bits per heavy atom. The molecular formula is C21H22ClN3O3. The molecule has 4 rings (SSSR count). The lowest BCUT2D eigenvalue weighted by molar-refractivity contribution is -0.137. The van der Waals surface area contributed by atoms with Gasteiger partial charge in [0.05, 0.1) is 18.1 Å². The number of rotatable bonds is 5. The molecule has 0 fully saturated rings. The molecular weight excluding hydrogens is 378 g/mol. The maximum atomic E-state index is 11.7. The van der Waals surface area contributed by atoms with Gasteiger partial charge in [-0.2, -0.15) is 0 Å². The van der Waals surface area contributed by atoms with Gasteiger partial charge in [-0.25, -0.2) is 4.68 Å². The van der Waals surface area contributed by atoms with Gasteiger partial charge in [-0.3, -0.25) is 4.79 Å². The summed E-state index contributed by atoms with van der Waals surface area (Å²) in [6.07, 6.45) is 2.92. The predicted octanol–water partition coefficient (Wildman–Crippen LogP) is 3.52. The minimum atomic E-state index is -0.884. The molecule has 2 aromatic carbocycles. The van der Waals surface area contributed by atoms with Gasteiger partial charge in [0.1, 0.15) is 11.0 Å². The number of carbonyl (C=O) groups is 1. The van der Waals surface area contributed by atoms with Crippen LogP contribution < -0.4 is 0 Å². The largest absolute Gasteiger partial charge is 0.481 e. The highest BCUT2D eigenvalue weighted by Crippen LogP contribution is 2.39. The van der Waals surface area contributed by atoms with Gasteiger partial charge in [0.25, 0.3) is 0 Å². The topological polar surface area (TPSA) is 88.2 Å². The Bertz CT molecular complexity index is 1090. The molecule has 6 nitrogen and oxygen atoms in total. The van der Waals surface area contributed by atoms with Gasteiger partial charge >= 0.3 is 5.97 Å². The molecule has 2 N–H and O–H groups in total. The first kappa shape index (κ1) is 18.9. The monoisotopic (exact) mass is 399 g/mol. The summed E-state index contributed by atoms with van der Waals surface area (Å²) in [6, 6.07) is 5.89. The standard InChI is InChI=1S/C21H22ClN3O3/c1-11-16(8-18(22)21-20(11)23-24-25(21)2)17(9-19(27)28)13-6-12-4-3-5-15(12)14(7-13)10-26/h6-8,17,26H,3-5,9-10H2,1-2H3,(H,27,28)/t17-/m0/s1. The maximum Gasteiger partial charge on any atom is 0.304 e. The smallest absolute Gasteiger partial charge is 0.304 e. The highest BCUT2D eigenvalue weighted by molar-refractivity contribution is 6.35. The SMILES string of the molecule is Cc1c([C@@H](CC(=O)O)c2cc(CO)c3c(c2)CCC3)cc(Cl)c2c1nnn2C. The van der Waals surface area contributed by atoms with Crippen LogP contribution in [0.15, 0.2) is 18.2 Å². The van der Waals surface area contributed by atoms with E-state index < -0.39 is 5.97 Å². The van der Waals surface area contributed by atoms with Crippen LogP contribution >= 0.6 is 11.6 Å². The number of aromatic nitrogens is 3. The molecule has 1 aliphatic rings. The summed E-state index contributed by atoms with van der Waals surface area (Å²) in [5, 5.41) is 28.2. The third-order valence-corrected chi connectivity index (χ3v) is 6.07. The number of carboxylic acid groups (broad SMARTS) is 1. The average Bonchev–Trinajstić information content (AvgIpc) is 3.28. The number of aliphatic hydroxyl groups excluding tert-OH is 1. The van der Waals surface area contributed by atoms with Crippen molar-refractivity contribution in [3.63, 3.8) is 0 Å². The van der Waals surface area contributed by atoms with Crippen LogP contribution in [-0.4, -0.2) is 31.2 Å². The van der Waals surface area contributed by atoms with Gasteiger partial charge in [0.2, 0.25) is 0 Å². The zero-order valence-electron chi connectivity index (χ0n) is 15.9. The van der Waals surface area contributed by atoms with Gasteiger partial charge in [-0.05, 0) is 65.6 Å². The van der Waals surface area contributed by atoms with Crippen LogP contribution in [0.2, 0.25) is 5.02 Å². The fourth-order valence-electron chi connectivity index (χ4n) is 4.44. The highest BCUT2D eigenvalue weighted by Gasteiger charge is 2.26. The number of aliphatic hydroxyl groups is 1. The van der Waals surface area contributed by atoms with Crippen molar-refractivity contribution in [1.82, 2.24) is 15.0 Å². The third kappa shape index (κ3) is 3.06. The van der Waals surface area contributed by atoms with Gasteiger partial charge in [0.15, 0.2) is 0 Å². The van der Waals surface area contributed by atoms with Crippen LogP contribution in [-0.2, 0) is 31.3 Å². The van der Waals surface area contributed by atoms with E-state index in [1.54, 1.807) is 11.7 Å². The predicted molar refractivity (Wildman–Crippen MR) is 107 cm³/mol. The minimum Gasteiger partial charge on any atom is -0.481 e. The number of hydrogen-bond acceptors (Lipinski definition) is 4. The van der Waals surface area contributed by atoms with E-state index in [1.165, 1.54) is 11.1 Å². The number of fused-ring (bicyclic) bond motifs is 2. The first-order valence-electron chi connectivity index (χ1n) is 9.36. The number of benzene rings is 2. The number of aryl methyl sites for hydroxylation is 3. The van der Waals surface area contributed by atoms with Crippen molar-refractivity contribution in [2.24, 2.45) is 7.05 Å². The Kier molecular flexibility index (Phi) is 4.85. The van der Waals surface area contributed by atoms with E-state index in [-0.39, 0.29) is 18.9 Å². The summed E-state index contributed by atoms with van der Waals surface area (Å²) in [5.74, 6) is -1.26. The molecule has 1 atom stereocenters. The van der Waals surface area contributed by atoms with Crippen molar-refractivity contribution in [2.45, 2.75) is 45.1 Å². The van der Waals surface area contributed by atoms with Gasteiger partial charge in [-0.15, -0.1) is 5.10 Å². The number of aliphatic carboxylic acids is 1. The molecule has 0 radical (unpaired) electrons. The molecule has 0 aliphatic heterocycles. The molecule has 0 saturated carbocycles. The van der Waals surface area contributed by atoms with Crippen molar-refractivity contribution in [2.75, 3.05) is 0 Å². The molecule has 7 heteroatoms. The molecule has 0 amide bonds. The van der Waals surface area contributed by atoms with E-state index in [2.05, 4.69) is 16.4 Å². The molecule has 0 bridgehead atoms. The Morgan fingerprint density at radius 1 is 1.32 bits per heavy atom. The highest BCUT2D eigenvalue weighted by atomic mass is 35.5. The number of halogens is 1. The molecule has 0 saturated heterocycles. The summed E-state index contributed by atoms with van der Waals surface area (Å²) < 4.78 is 1.62. The van der Waals surface area contributed by atoms with E-state index in [9.17, 15) is 15.0 Å². The van der Waals surface area contributed by atoms with E-state index in [0.717, 1.165) is 47.0 Å². The molecule has 146 valence electrons. The summed E-state index contributed by atoms with van der Waals surface area (Å²) >= 11 is 6.51. The zero-order chi connectivity index (χ0) is 20.0. The second-order valence-corrected chi connectivity index (χ2v) is 7.87. The van der Waals surface area contributed by atoms with Crippen LogP contribution in [0.25, 0.3) is 11.0 Å². The summed E-state index contributed by atoms with van der Waals surface area (Å²) in [6.45, 7) is 1.89. The van der Waals surface area contributed by atoms with Gasteiger partial charge in [0, 0.05) is 13.0 Å². The van der Waals surface area contributed by atoms with E-state index in [1.807, 2.05) is 19.1 Å². The second kappa shape index (κ2) is 7.18. The zero-order valence-corrected chi connectivity index (χ0v) is 16.6. The molecule has 28 heavy (non-hydrogen) atoms. The Balaban J connectivity index is 1.92. The molecule has 0 spiro atoms. The first-order valence-corrected chi connectivity index (χ1v) is 9.74. The fraction of sp³-hybridized carbons (Fsp3) is 0.381. The number of hydrogen-bond donors (Lipinski definition) is 2. The number of nitrogens with zero attached hydrogens (tertiary/aromatic N) is 3. The fourth-order valence-corrected chi connectivity index (χ4v) is 4.77. The van der Waals surface area contributed by atoms with Crippen molar-refractivity contribution in [1.29, 1.82) is 0 Å². The minimum absolute atomic E-state index is 0.0428. The first-order chi connectivity index (χ1) is 13.4. The van der Waals surface area contributed by atoms with E-state index >= 15 is 0 Å². The third-order valence-electron chi connectivity index (χ3n) is 5.78. The van der Waals surface area contributed by atoms with Crippen molar-refractivity contribution >= 4 is 28.6 Å². The van der Waals surface area contributed by atoms with Crippen LogP contribution in [0.4, 0.5) is 0 Å². The van der Waals surface area contributed by atoms with Crippen LogP contribution in [0.1, 0.15) is 52.1 Å². The van der Waals surface area contributed by atoms with E-state index in [4.69, 9.17) is 11.6 Å². The van der Waals surface area contributed by atoms with Crippen molar-refractivity contribution in [3.05, 3.63) is 56.6 Å². The molecule has 1 heterocycles. The quantitative estimate of drug-likeness (QED) is 0.685. The van der Waals surface area contributed by atoms with Crippen molar-refractivity contribution < 1.29 is 15.0 Å². The van der Waals surface area contributed by atoms with Crippen LogP contribution in [0, 0.1) is 6.92 Å². The Labute approximate surface area is 167 Å². The van der Waals surface area contributed by atoms with Gasteiger partial charge in [-0.1, -0.05) is 28.9 Å². The Hall–Kier alpha value is -2.44. The van der Waals surface area contributed by atoms with Crippen LogP contribution in [0.5, 0.6) is 0 Å². The molecule has 1 aliphatic carbocycles. The van der Waals surface area contributed by atoms with E-state index in [0.29, 0.717) is 10.5 Å². The summed E-state index contributed by atoms with van der Waals surface area (Å²) in [5.41, 5.74) is 7.35.